The van der Waals surface area contributed by atoms with Crippen molar-refractivity contribution >= 4 is 28.1 Å². The molecule has 0 saturated carbocycles. The number of hydrogen-bond acceptors (Lipinski definition) is 5. The number of carbonyl (C=O) groups is 1. The number of aryl methyl sites for hydroxylation is 1. The van der Waals surface area contributed by atoms with E-state index in [1.54, 1.807) is 0 Å². The molecule has 0 aliphatic carbocycles. The minimum absolute atomic E-state index is 0.189. The number of carbonyl (C=O) groups excluding carboxylic acids is 1. The number of nitrogens with one attached hydrogen (secondary N) is 1. The van der Waals surface area contributed by atoms with Crippen LogP contribution in [0.2, 0.25) is 0 Å². The molecule has 1 heterocycles. The minimum atomic E-state index is -0.236. The van der Waals surface area contributed by atoms with Crippen LogP contribution in [0.25, 0.3) is 0 Å². The Morgan fingerprint density at radius 2 is 1.88 bits per heavy atom. The van der Waals surface area contributed by atoms with Crippen molar-refractivity contribution in [1.82, 2.24) is 4.98 Å². The second-order valence-corrected chi connectivity index (χ2v) is 6.97. The molecule has 0 amide bonds. The van der Waals surface area contributed by atoms with Crippen LogP contribution in [0.3, 0.4) is 0 Å². The third-order valence-electron chi connectivity index (χ3n) is 4.11. The molecule has 0 saturated heterocycles. The summed E-state index contributed by atoms with van der Waals surface area (Å²) in [6.45, 7) is 4.23. The third kappa shape index (κ3) is 4.70. The van der Waals surface area contributed by atoms with Gasteiger partial charge in [-0.2, -0.15) is 0 Å². The molecular formula is C21H22N2O2S. The summed E-state index contributed by atoms with van der Waals surface area (Å²) in [5.41, 5.74) is 3.94. The van der Waals surface area contributed by atoms with E-state index in [2.05, 4.69) is 17.2 Å². The minimum Gasteiger partial charge on any atom is -0.459 e. The monoisotopic (exact) mass is 366 g/mol. The van der Waals surface area contributed by atoms with Gasteiger partial charge in [-0.3, -0.25) is 4.79 Å². The lowest BCUT2D eigenvalue weighted by molar-refractivity contribution is -0.147. The van der Waals surface area contributed by atoms with Gasteiger partial charge < -0.3 is 10.1 Å². The summed E-state index contributed by atoms with van der Waals surface area (Å²) in [4.78, 5) is 16.9. The first-order chi connectivity index (χ1) is 12.7. The number of hydrogen-bond donors (Lipinski definition) is 1. The number of anilines is 2. The first-order valence-corrected chi connectivity index (χ1v) is 9.53. The molecule has 5 heteroatoms. The van der Waals surface area contributed by atoms with Crippen molar-refractivity contribution in [3.05, 3.63) is 76.8 Å². The van der Waals surface area contributed by atoms with Crippen LogP contribution >= 0.6 is 11.3 Å². The Morgan fingerprint density at radius 1 is 1.15 bits per heavy atom. The van der Waals surface area contributed by atoms with Crippen molar-refractivity contribution in [1.29, 1.82) is 0 Å². The van der Waals surface area contributed by atoms with E-state index in [0.29, 0.717) is 6.42 Å². The first kappa shape index (κ1) is 18.1. The topological polar surface area (TPSA) is 51.2 Å². The molecule has 134 valence electrons. The predicted octanol–water partition coefficient (Wildman–Crippen LogP) is 5.43. The number of benzene rings is 2. The van der Waals surface area contributed by atoms with E-state index in [-0.39, 0.29) is 18.5 Å². The summed E-state index contributed by atoms with van der Waals surface area (Å²) < 4.78 is 5.49. The molecule has 1 atom stereocenters. The quantitative estimate of drug-likeness (QED) is 0.566. The Hall–Kier alpha value is -2.66. The summed E-state index contributed by atoms with van der Waals surface area (Å²) in [6, 6.07) is 17.9. The van der Waals surface area contributed by atoms with E-state index in [1.807, 2.05) is 66.9 Å². The normalized spacial score (nSPS) is 11.8. The second kappa shape index (κ2) is 8.63. The Morgan fingerprint density at radius 3 is 2.58 bits per heavy atom. The van der Waals surface area contributed by atoms with Crippen molar-refractivity contribution in [2.24, 2.45) is 0 Å². The first-order valence-electron chi connectivity index (χ1n) is 8.65. The molecule has 1 aromatic heterocycles. The SMILES string of the molecule is CC[C@@H](C(=O)OCc1csc(Nc2ccc(C)cc2)n1)c1ccccc1. The summed E-state index contributed by atoms with van der Waals surface area (Å²) in [7, 11) is 0. The molecule has 1 N–H and O–H groups in total. The molecule has 4 nitrogen and oxygen atoms in total. The van der Waals surface area contributed by atoms with E-state index >= 15 is 0 Å². The van der Waals surface area contributed by atoms with Crippen molar-refractivity contribution < 1.29 is 9.53 Å². The molecule has 26 heavy (non-hydrogen) atoms. The van der Waals surface area contributed by atoms with Crippen molar-refractivity contribution in [3.63, 3.8) is 0 Å². The fraction of sp³-hybridized carbons (Fsp3) is 0.238. The van der Waals surface area contributed by atoms with Gasteiger partial charge in [0.1, 0.15) is 6.61 Å². The average Bonchev–Trinajstić information content (AvgIpc) is 3.11. The summed E-state index contributed by atoms with van der Waals surface area (Å²) in [5.74, 6) is -0.445. The van der Waals surface area contributed by atoms with Gasteiger partial charge >= 0.3 is 5.97 Å². The van der Waals surface area contributed by atoms with Gasteiger partial charge in [0, 0.05) is 11.1 Å². The zero-order chi connectivity index (χ0) is 18.4. The van der Waals surface area contributed by atoms with Crippen LogP contribution in [0, 0.1) is 6.92 Å². The number of thiazole rings is 1. The van der Waals surface area contributed by atoms with Crippen LogP contribution in [0.5, 0.6) is 0 Å². The highest BCUT2D eigenvalue weighted by Crippen LogP contribution is 2.24. The largest absolute Gasteiger partial charge is 0.459 e. The fourth-order valence-corrected chi connectivity index (χ4v) is 3.38. The second-order valence-electron chi connectivity index (χ2n) is 6.11. The smallest absolute Gasteiger partial charge is 0.313 e. The van der Waals surface area contributed by atoms with E-state index in [0.717, 1.165) is 22.1 Å². The highest BCUT2D eigenvalue weighted by molar-refractivity contribution is 7.13. The van der Waals surface area contributed by atoms with Gasteiger partial charge in [0.25, 0.3) is 0 Å². The van der Waals surface area contributed by atoms with E-state index in [1.165, 1.54) is 16.9 Å². The lowest BCUT2D eigenvalue weighted by Crippen LogP contribution is -2.15. The Balaban J connectivity index is 1.57. The number of rotatable bonds is 7. The highest BCUT2D eigenvalue weighted by atomic mass is 32.1. The lowest BCUT2D eigenvalue weighted by atomic mass is 9.97. The standard InChI is InChI=1S/C21H22N2O2S/c1-3-19(16-7-5-4-6-8-16)20(24)25-13-18-14-26-21(23-18)22-17-11-9-15(2)10-12-17/h4-12,14,19H,3,13H2,1-2H3,(H,22,23)/t19-/m1/s1. The number of aromatic nitrogens is 1. The van der Waals surface area contributed by atoms with E-state index in [9.17, 15) is 4.79 Å². The molecule has 3 rings (SSSR count). The molecule has 0 unspecified atom stereocenters. The van der Waals surface area contributed by atoms with Crippen LogP contribution in [-0.2, 0) is 16.1 Å². The predicted molar refractivity (Wildman–Crippen MR) is 106 cm³/mol. The van der Waals surface area contributed by atoms with Crippen molar-refractivity contribution in [2.75, 3.05) is 5.32 Å². The summed E-state index contributed by atoms with van der Waals surface area (Å²) in [5, 5.41) is 5.96. The van der Waals surface area contributed by atoms with Crippen molar-refractivity contribution in [2.45, 2.75) is 32.8 Å². The Kier molecular flexibility index (Phi) is 6.02. The van der Waals surface area contributed by atoms with Crippen molar-refractivity contribution in [3.8, 4) is 0 Å². The van der Waals surface area contributed by atoms with Crippen LogP contribution in [-0.4, -0.2) is 11.0 Å². The van der Waals surface area contributed by atoms with Gasteiger partial charge in [-0.05, 0) is 31.0 Å². The lowest BCUT2D eigenvalue weighted by Gasteiger charge is -2.14. The number of nitrogens with zero attached hydrogens (tertiary/aromatic N) is 1. The zero-order valence-corrected chi connectivity index (χ0v) is 15.8. The highest BCUT2D eigenvalue weighted by Gasteiger charge is 2.20. The Bertz CT molecular complexity index is 844. The molecule has 3 aromatic rings. The molecular weight excluding hydrogens is 344 g/mol. The maximum absolute atomic E-state index is 12.4. The van der Waals surface area contributed by atoms with Crippen LogP contribution < -0.4 is 5.32 Å². The molecule has 0 aliphatic heterocycles. The molecule has 0 bridgehead atoms. The van der Waals surface area contributed by atoms with E-state index < -0.39 is 0 Å². The number of esters is 1. The molecule has 0 radical (unpaired) electrons. The molecule has 0 aliphatic rings. The van der Waals surface area contributed by atoms with Gasteiger partial charge in [0.2, 0.25) is 0 Å². The maximum atomic E-state index is 12.4. The molecule has 0 fully saturated rings. The average molecular weight is 366 g/mol. The van der Waals surface area contributed by atoms with Gasteiger partial charge in [-0.1, -0.05) is 55.0 Å². The van der Waals surface area contributed by atoms with Gasteiger partial charge in [0.05, 0.1) is 11.6 Å². The molecule has 0 spiro atoms. The van der Waals surface area contributed by atoms with Crippen LogP contribution in [0.15, 0.2) is 60.0 Å². The van der Waals surface area contributed by atoms with Gasteiger partial charge in [-0.25, -0.2) is 4.98 Å². The maximum Gasteiger partial charge on any atom is 0.313 e. The summed E-state index contributed by atoms with van der Waals surface area (Å²) in [6.07, 6.45) is 0.708. The van der Waals surface area contributed by atoms with Crippen LogP contribution in [0.1, 0.15) is 36.1 Å². The molecule has 2 aromatic carbocycles. The van der Waals surface area contributed by atoms with E-state index in [4.69, 9.17) is 4.74 Å². The number of ether oxygens (including phenoxy) is 1. The van der Waals surface area contributed by atoms with Crippen LogP contribution in [0.4, 0.5) is 10.8 Å². The zero-order valence-electron chi connectivity index (χ0n) is 14.9. The van der Waals surface area contributed by atoms with Gasteiger partial charge in [-0.15, -0.1) is 11.3 Å². The Labute approximate surface area is 157 Å². The third-order valence-corrected chi connectivity index (χ3v) is 4.92. The fourth-order valence-electron chi connectivity index (χ4n) is 2.66. The summed E-state index contributed by atoms with van der Waals surface area (Å²) >= 11 is 1.50. The van der Waals surface area contributed by atoms with Gasteiger partial charge in [0.15, 0.2) is 5.13 Å².